The molecule has 7 heteroatoms. The lowest BCUT2D eigenvalue weighted by Crippen LogP contribution is -2.17. The number of anilines is 1. The highest BCUT2D eigenvalue weighted by atomic mass is 32.2. The molecule has 2 rings (SSSR count). The van der Waals surface area contributed by atoms with Crippen molar-refractivity contribution in [3.63, 3.8) is 0 Å². The number of nitrogens with zero attached hydrogens (tertiary/aromatic N) is 1. The molecular formula is C18H13F3N2OS. The first-order valence-corrected chi connectivity index (χ1v) is 8.31. The molecule has 0 saturated carbocycles. The first-order chi connectivity index (χ1) is 11.8. The fourth-order valence-corrected chi connectivity index (χ4v) is 2.45. The van der Waals surface area contributed by atoms with E-state index in [9.17, 15) is 18.0 Å². The van der Waals surface area contributed by atoms with Gasteiger partial charge in [0.1, 0.15) is 11.6 Å². The topological polar surface area (TPSA) is 52.9 Å². The summed E-state index contributed by atoms with van der Waals surface area (Å²) in [5, 5.41) is 11.3. The lowest BCUT2D eigenvalue weighted by Gasteiger charge is -2.13. The van der Waals surface area contributed by atoms with Crippen LogP contribution in [-0.2, 0) is 11.0 Å². The van der Waals surface area contributed by atoms with Gasteiger partial charge >= 0.3 is 6.18 Å². The van der Waals surface area contributed by atoms with Gasteiger partial charge in [0.05, 0.1) is 11.3 Å². The van der Waals surface area contributed by atoms with Crippen LogP contribution in [0.15, 0.2) is 59.0 Å². The van der Waals surface area contributed by atoms with Gasteiger partial charge in [-0.15, -0.1) is 11.8 Å². The number of thioether (sulfide) groups is 1. The number of amides is 1. The van der Waals surface area contributed by atoms with Gasteiger partial charge in [0, 0.05) is 4.90 Å². The lowest BCUT2D eigenvalue weighted by molar-refractivity contribution is -0.136. The second kappa shape index (κ2) is 7.90. The van der Waals surface area contributed by atoms with Gasteiger partial charge in [0.15, 0.2) is 0 Å². The van der Waals surface area contributed by atoms with Crippen LogP contribution in [0.1, 0.15) is 11.1 Å². The van der Waals surface area contributed by atoms with Gasteiger partial charge in [-0.05, 0) is 42.2 Å². The third kappa shape index (κ3) is 4.88. The van der Waals surface area contributed by atoms with Crippen LogP contribution in [0, 0.1) is 11.3 Å². The summed E-state index contributed by atoms with van der Waals surface area (Å²) < 4.78 is 38.9. The molecule has 0 heterocycles. The molecule has 0 bridgehead atoms. The molecule has 0 unspecified atom stereocenters. The molecule has 0 radical (unpaired) electrons. The zero-order valence-electron chi connectivity index (χ0n) is 13.1. The number of halogens is 3. The molecule has 128 valence electrons. The van der Waals surface area contributed by atoms with Crippen molar-refractivity contribution >= 4 is 29.4 Å². The summed E-state index contributed by atoms with van der Waals surface area (Å²) in [6.07, 6.45) is -1.36. The highest BCUT2D eigenvalue weighted by Gasteiger charge is 2.33. The molecule has 0 spiro atoms. The van der Waals surface area contributed by atoms with Crippen LogP contribution in [0.5, 0.6) is 0 Å². The Morgan fingerprint density at radius 1 is 1.16 bits per heavy atom. The molecule has 0 fully saturated rings. The maximum atomic E-state index is 13.0. The van der Waals surface area contributed by atoms with Gasteiger partial charge in [-0.1, -0.05) is 24.3 Å². The molecule has 0 atom stereocenters. The molecule has 0 saturated heterocycles. The number of hydrogen-bond acceptors (Lipinski definition) is 3. The van der Waals surface area contributed by atoms with Crippen molar-refractivity contribution in [1.82, 2.24) is 0 Å². The summed E-state index contributed by atoms with van der Waals surface area (Å²) in [5.74, 6) is -0.895. The number of nitrogens with one attached hydrogen (secondary N) is 1. The molecule has 1 amide bonds. The molecule has 2 aromatic carbocycles. The van der Waals surface area contributed by atoms with Gasteiger partial charge in [-0.2, -0.15) is 18.4 Å². The van der Waals surface area contributed by atoms with Crippen LogP contribution in [0.2, 0.25) is 0 Å². The van der Waals surface area contributed by atoms with Crippen LogP contribution in [0.4, 0.5) is 18.9 Å². The van der Waals surface area contributed by atoms with Gasteiger partial charge in [-0.3, -0.25) is 4.79 Å². The minimum absolute atomic E-state index is 0.283. The number of carbonyl (C=O) groups excluding carboxylic acids is 1. The monoisotopic (exact) mass is 362 g/mol. The summed E-state index contributed by atoms with van der Waals surface area (Å²) in [4.78, 5) is 13.2. The van der Waals surface area contributed by atoms with Crippen molar-refractivity contribution < 1.29 is 18.0 Å². The predicted octanol–water partition coefficient (Wildman–Crippen LogP) is 4.97. The summed E-state index contributed by atoms with van der Waals surface area (Å²) in [5.41, 5.74) is -1.04. The van der Waals surface area contributed by atoms with Gasteiger partial charge < -0.3 is 5.32 Å². The smallest absolute Gasteiger partial charge is 0.321 e. The van der Waals surface area contributed by atoms with Gasteiger partial charge in [0.2, 0.25) is 0 Å². The first-order valence-electron chi connectivity index (χ1n) is 7.08. The minimum Gasteiger partial charge on any atom is -0.321 e. The number of para-hydroxylation sites is 1. The van der Waals surface area contributed by atoms with Crippen molar-refractivity contribution in [2.45, 2.75) is 11.1 Å². The van der Waals surface area contributed by atoms with E-state index in [1.807, 2.05) is 18.4 Å². The first kappa shape index (κ1) is 18.6. The van der Waals surface area contributed by atoms with E-state index in [4.69, 9.17) is 5.26 Å². The van der Waals surface area contributed by atoms with E-state index in [2.05, 4.69) is 5.32 Å². The fraction of sp³-hybridized carbons (Fsp3) is 0.111. The maximum absolute atomic E-state index is 13.0. The van der Waals surface area contributed by atoms with Crippen LogP contribution in [0.25, 0.3) is 6.08 Å². The molecule has 0 aromatic heterocycles. The number of hydrogen-bond donors (Lipinski definition) is 1. The molecule has 1 N–H and O–H groups in total. The zero-order valence-corrected chi connectivity index (χ0v) is 13.9. The van der Waals surface area contributed by atoms with Crippen LogP contribution < -0.4 is 5.32 Å². The standard InChI is InChI=1S/C18H13F3N2OS/c1-25-14-8-6-12(7-9-14)10-13(11-22)17(24)23-16-5-3-2-4-15(16)18(19,20)21/h2-10H,1H3,(H,23,24)/b13-10+. The summed E-state index contributed by atoms with van der Waals surface area (Å²) in [7, 11) is 0. The number of nitriles is 1. The van der Waals surface area contributed by atoms with Crippen molar-refractivity contribution in [3.8, 4) is 6.07 Å². The highest BCUT2D eigenvalue weighted by Crippen LogP contribution is 2.34. The summed E-state index contributed by atoms with van der Waals surface area (Å²) >= 11 is 1.54. The third-order valence-electron chi connectivity index (χ3n) is 3.27. The molecular weight excluding hydrogens is 349 g/mol. The predicted molar refractivity (Wildman–Crippen MR) is 91.9 cm³/mol. The Bertz CT molecular complexity index is 837. The van der Waals surface area contributed by atoms with Gasteiger partial charge in [-0.25, -0.2) is 0 Å². The van der Waals surface area contributed by atoms with E-state index in [0.717, 1.165) is 17.0 Å². The highest BCUT2D eigenvalue weighted by molar-refractivity contribution is 7.98. The van der Waals surface area contributed by atoms with Crippen LogP contribution >= 0.6 is 11.8 Å². The average Bonchev–Trinajstić information content (AvgIpc) is 2.59. The fourth-order valence-electron chi connectivity index (χ4n) is 2.04. The quantitative estimate of drug-likeness (QED) is 0.474. The van der Waals surface area contributed by atoms with Crippen LogP contribution in [0.3, 0.4) is 0 Å². The van der Waals surface area contributed by atoms with Crippen molar-refractivity contribution in [2.24, 2.45) is 0 Å². The van der Waals surface area contributed by atoms with E-state index in [1.165, 1.54) is 18.2 Å². The Hall–Kier alpha value is -2.72. The summed E-state index contributed by atoms with van der Waals surface area (Å²) in [6.45, 7) is 0. The molecule has 3 nitrogen and oxygen atoms in total. The largest absolute Gasteiger partial charge is 0.418 e. The van der Waals surface area contributed by atoms with E-state index >= 15 is 0 Å². The van der Waals surface area contributed by atoms with Crippen molar-refractivity contribution in [3.05, 3.63) is 65.2 Å². The Kier molecular flexibility index (Phi) is 5.88. The summed E-state index contributed by atoms with van der Waals surface area (Å²) in [6, 6.07) is 13.4. The van der Waals surface area contributed by atoms with Crippen molar-refractivity contribution in [1.29, 1.82) is 5.26 Å². The van der Waals surface area contributed by atoms with E-state index < -0.39 is 17.6 Å². The molecule has 0 aliphatic carbocycles. The molecule has 25 heavy (non-hydrogen) atoms. The Morgan fingerprint density at radius 3 is 2.36 bits per heavy atom. The number of alkyl halides is 3. The second-order valence-electron chi connectivity index (χ2n) is 4.94. The zero-order chi connectivity index (χ0) is 18.4. The molecule has 0 aliphatic rings. The Morgan fingerprint density at radius 2 is 1.80 bits per heavy atom. The SMILES string of the molecule is CSc1ccc(/C=C(\C#N)C(=O)Nc2ccccc2C(F)(F)F)cc1. The van der Waals surface area contributed by atoms with Crippen LogP contribution in [-0.4, -0.2) is 12.2 Å². The number of benzene rings is 2. The third-order valence-corrected chi connectivity index (χ3v) is 4.02. The number of carbonyl (C=O) groups is 1. The average molecular weight is 362 g/mol. The minimum atomic E-state index is -4.60. The van der Waals surface area contributed by atoms with Crippen molar-refractivity contribution in [2.75, 3.05) is 11.6 Å². The van der Waals surface area contributed by atoms with Gasteiger partial charge in [0.25, 0.3) is 5.91 Å². The normalized spacial score (nSPS) is 11.7. The number of rotatable bonds is 4. The second-order valence-corrected chi connectivity index (χ2v) is 5.82. The van der Waals surface area contributed by atoms with E-state index in [1.54, 1.807) is 30.0 Å². The maximum Gasteiger partial charge on any atom is 0.418 e. The lowest BCUT2D eigenvalue weighted by atomic mass is 10.1. The Labute approximate surface area is 147 Å². The molecule has 2 aromatic rings. The molecule has 0 aliphatic heterocycles. The Balaban J connectivity index is 2.27. The van der Waals surface area contributed by atoms with E-state index in [0.29, 0.717) is 5.56 Å². The van der Waals surface area contributed by atoms with E-state index in [-0.39, 0.29) is 11.3 Å².